The fourth-order valence-electron chi connectivity index (χ4n) is 6.17. The van der Waals surface area contributed by atoms with Crippen molar-refractivity contribution in [2.24, 2.45) is 0 Å². The first kappa shape index (κ1) is 24.5. The van der Waals surface area contributed by atoms with Gasteiger partial charge in [0.1, 0.15) is 22.3 Å². The summed E-state index contributed by atoms with van der Waals surface area (Å²) in [5, 5.41) is 4.13. The van der Waals surface area contributed by atoms with E-state index < -0.39 is 0 Å². The van der Waals surface area contributed by atoms with Gasteiger partial charge in [0.15, 0.2) is 17.5 Å². The Kier molecular flexibility index (Phi) is 5.43. The predicted octanol–water partition coefficient (Wildman–Crippen LogP) is 10.3. The molecule has 3 heterocycles. The fourth-order valence-corrected chi connectivity index (χ4v) is 6.17. The van der Waals surface area contributed by atoms with Crippen LogP contribution in [0.1, 0.15) is 0 Å². The van der Waals surface area contributed by atoms with Crippen molar-refractivity contribution in [3.8, 4) is 45.3 Å². The number of rotatable bonds is 4. The third-order valence-electron chi connectivity index (χ3n) is 8.16. The van der Waals surface area contributed by atoms with Gasteiger partial charge >= 0.3 is 0 Å². The van der Waals surface area contributed by atoms with Gasteiger partial charge in [0.05, 0.1) is 0 Å². The van der Waals surface area contributed by atoms with Gasteiger partial charge in [-0.1, -0.05) is 121 Å². The van der Waals surface area contributed by atoms with Crippen LogP contribution in [0.25, 0.3) is 89.2 Å². The van der Waals surface area contributed by atoms with Gasteiger partial charge in [0, 0.05) is 43.8 Å². The lowest BCUT2D eigenvalue weighted by atomic mass is 9.97. The molecule has 0 fully saturated rings. The minimum atomic E-state index is 0.597. The van der Waals surface area contributed by atoms with Gasteiger partial charge in [-0.25, -0.2) is 15.0 Å². The summed E-state index contributed by atoms with van der Waals surface area (Å²) in [7, 11) is 0. The van der Waals surface area contributed by atoms with E-state index in [1.807, 2.05) is 103 Å². The zero-order valence-corrected chi connectivity index (χ0v) is 23.4. The molecule has 0 unspecified atom stereocenters. The molecule has 0 amide bonds. The quantitative estimate of drug-likeness (QED) is 0.212. The van der Waals surface area contributed by atoms with E-state index in [0.29, 0.717) is 17.5 Å². The molecule has 9 rings (SSSR count). The highest BCUT2D eigenvalue weighted by Gasteiger charge is 2.21. The molecular formula is C39H23N3O2. The molecule has 0 spiro atoms. The van der Waals surface area contributed by atoms with Crippen LogP contribution in [-0.2, 0) is 0 Å². The number of fused-ring (bicyclic) bond motifs is 6. The SMILES string of the molecule is c1ccc(-c2nc(-c3ccccc3)nc(-c3cccc4oc5c(-c6cccc7oc8ccccc8c67)cccc5c34)n2)cc1. The maximum Gasteiger partial charge on any atom is 0.164 e. The first-order valence-electron chi connectivity index (χ1n) is 14.5. The van der Waals surface area contributed by atoms with E-state index in [1.54, 1.807) is 0 Å². The summed E-state index contributed by atoms with van der Waals surface area (Å²) in [6.45, 7) is 0. The zero-order valence-electron chi connectivity index (χ0n) is 23.4. The summed E-state index contributed by atoms with van der Waals surface area (Å²) in [4.78, 5) is 14.9. The van der Waals surface area contributed by atoms with Crippen molar-refractivity contribution < 1.29 is 8.83 Å². The van der Waals surface area contributed by atoms with Gasteiger partial charge in [0.2, 0.25) is 0 Å². The Balaban J connectivity index is 1.31. The van der Waals surface area contributed by atoms with Crippen molar-refractivity contribution in [3.63, 3.8) is 0 Å². The Hall–Kier alpha value is -6.07. The second kappa shape index (κ2) is 9.75. The number of hydrogen-bond acceptors (Lipinski definition) is 5. The molecule has 3 aromatic heterocycles. The minimum Gasteiger partial charge on any atom is -0.456 e. The Morgan fingerprint density at radius 2 is 0.841 bits per heavy atom. The Morgan fingerprint density at radius 3 is 1.57 bits per heavy atom. The molecule has 0 radical (unpaired) electrons. The Labute approximate surface area is 252 Å². The van der Waals surface area contributed by atoms with E-state index >= 15 is 0 Å². The van der Waals surface area contributed by atoms with Crippen molar-refractivity contribution in [1.29, 1.82) is 0 Å². The normalized spacial score (nSPS) is 11.6. The number of hydrogen-bond donors (Lipinski definition) is 0. The van der Waals surface area contributed by atoms with E-state index in [9.17, 15) is 0 Å². The third-order valence-corrected chi connectivity index (χ3v) is 8.16. The van der Waals surface area contributed by atoms with E-state index in [1.165, 1.54) is 0 Å². The summed E-state index contributed by atoms with van der Waals surface area (Å²) < 4.78 is 12.9. The molecule has 9 aromatic rings. The van der Waals surface area contributed by atoms with Gasteiger partial charge in [-0.2, -0.15) is 0 Å². The largest absolute Gasteiger partial charge is 0.456 e. The predicted molar refractivity (Wildman–Crippen MR) is 176 cm³/mol. The number of benzene rings is 6. The van der Waals surface area contributed by atoms with Crippen LogP contribution in [0.2, 0.25) is 0 Å². The molecule has 0 bridgehead atoms. The molecule has 206 valence electrons. The molecular weight excluding hydrogens is 542 g/mol. The van der Waals surface area contributed by atoms with E-state index in [4.69, 9.17) is 23.8 Å². The summed E-state index contributed by atoms with van der Waals surface area (Å²) in [6, 6.07) is 46.8. The highest BCUT2D eigenvalue weighted by molar-refractivity contribution is 6.19. The lowest BCUT2D eigenvalue weighted by Gasteiger charge is -2.09. The summed E-state index contributed by atoms with van der Waals surface area (Å²) in [5.41, 5.74) is 8.13. The summed E-state index contributed by atoms with van der Waals surface area (Å²) in [6.07, 6.45) is 0. The van der Waals surface area contributed by atoms with Crippen molar-refractivity contribution in [3.05, 3.63) is 140 Å². The molecule has 5 nitrogen and oxygen atoms in total. The molecule has 5 heteroatoms. The van der Waals surface area contributed by atoms with E-state index in [2.05, 4.69) is 36.4 Å². The molecule has 0 aliphatic rings. The van der Waals surface area contributed by atoms with Gasteiger partial charge in [0.25, 0.3) is 0 Å². The average molecular weight is 566 g/mol. The van der Waals surface area contributed by atoms with Gasteiger partial charge in [-0.05, 0) is 23.8 Å². The average Bonchev–Trinajstić information content (AvgIpc) is 3.68. The lowest BCUT2D eigenvalue weighted by Crippen LogP contribution is -2.00. The van der Waals surface area contributed by atoms with Gasteiger partial charge < -0.3 is 8.83 Å². The number of para-hydroxylation sites is 2. The number of aromatic nitrogens is 3. The van der Waals surface area contributed by atoms with Gasteiger partial charge in [-0.3, -0.25) is 0 Å². The van der Waals surface area contributed by atoms with Crippen molar-refractivity contribution in [2.45, 2.75) is 0 Å². The minimum absolute atomic E-state index is 0.597. The molecule has 0 atom stereocenters. The maximum absolute atomic E-state index is 6.67. The van der Waals surface area contributed by atoms with Crippen LogP contribution >= 0.6 is 0 Å². The smallest absolute Gasteiger partial charge is 0.164 e. The van der Waals surface area contributed by atoms with E-state index in [0.717, 1.165) is 71.7 Å². The Bertz CT molecular complexity index is 2440. The summed E-state index contributed by atoms with van der Waals surface area (Å²) in [5.74, 6) is 1.84. The fraction of sp³-hybridized carbons (Fsp3) is 0. The zero-order chi connectivity index (χ0) is 29.0. The molecule has 44 heavy (non-hydrogen) atoms. The second-order valence-corrected chi connectivity index (χ2v) is 10.8. The van der Waals surface area contributed by atoms with Crippen molar-refractivity contribution in [1.82, 2.24) is 15.0 Å². The molecule has 0 N–H and O–H groups in total. The third kappa shape index (κ3) is 3.83. The molecule has 0 saturated heterocycles. The molecule has 0 saturated carbocycles. The first-order chi connectivity index (χ1) is 21.8. The highest BCUT2D eigenvalue weighted by Crippen LogP contribution is 2.43. The topological polar surface area (TPSA) is 65.0 Å². The molecule has 0 aliphatic heterocycles. The monoisotopic (exact) mass is 565 g/mol. The first-order valence-corrected chi connectivity index (χ1v) is 14.5. The van der Waals surface area contributed by atoms with Crippen molar-refractivity contribution in [2.75, 3.05) is 0 Å². The van der Waals surface area contributed by atoms with Crippen LogP contribution in [0.15, 0.2) is 148 Å². The Morgan fingerprint density at radius 1 is 0.341 bits per heavy atom. The van der Waals surface area contributed by atoms with Crippen LogP contribution in [0, 0.1) is 0 Å². The van der Waals surface area contributed by atoms with Crippen molar-refractivity contribution >= 4 is 43.9 Å². The summed E-state index contributed by atoms with van der Waals surface area (Å²) >= 11 is 0. The van der Waals surface area contributed by atoms with Crippen LogP contribution in [-0.4, -0.2) is 15.0 Å². The molecule has 0 aliphatic carbocycles. The molecule has 6 aromatic carbocycles. The number of nitrogens with zero attached hydrogens (tertiary/aromatic N) is 3. The number of furan rings is 2. The van der Waals surface area contributed by atoms with Crippen LogP contribution in [0.4, 0.5) is 0 Å². The second-order valence-electron chi connectivity index (χ2n) is 10.8. The van der Waals surface area contributed by atoms with E-state index in [-0.39, 0.29) is 0 Å². The van der Waals surface area contributed by atoms with Crippen LogP contribution < -0.4 is 0 Å². The van der Waals surface area contributed by atoms with Crippen LogP contribution in [0.3, 0.4) is 0 Å². The van der Waals surface area contributed by atoms with Crippen LogP contribution in [0.5, 0.6) is 0 Å². The highest BCUT2D eigenvalue weighted by atomic mass is 16.3. The standard InChI is InChI=1S/C39H23N3O2/c1-3-12-24(13-4-1)37-40-38(25-14-5-2-6-15-25)42-39(41-37)30-20-11-23-33-35(30)29-19-9-18-27(36(29)44-33)26-17-10-22-32-34(26)28-16-7-8-21-31(28)43-32/h1-23H. The maximum atomic E-state index is 6.67. The lowest BCUT2D eigenvalue weighted by molar-refractivity contribution is 0.668. The van der Waals surface area contributed by atoms with Gasteiger partial charge in [-0.15, -0.1) is 0 Å².